The molecule has 2 aromatic heterocycles. The number of pyridine rings is 1. The first-order chi connectivity index (χ1) is 19.1. The average molecular weight is 613 g/mol. The number of allylic oxidation sites excluding steroid dienone is 3. The topological polar surface area (TPSA) is 138 Å². The quantitative estimate of drug-likeness (QED) is 0.257. The first-order valence-electron chi connectivity index (χ1n) is 12.2. The van der Waals surface area contributed by atoms with Gasteiger partial charge in [0, 0.05) is 28.9 Å². The summed E-state index contributed by atoms with van der Waals surface area (Å²) in [6.45, 7) is 4.05. The number of ketones is 1. The zero-order valence-electron chi connectivity index (χ0n) is 21.4. The van der Waals surface area contributed by atoms with E-state index >= 15 is 0 Å². The molecule has 0 bridgehead atoms. The molecular weight excluding hydrogens is 589 g/mol. The highest BCUT2D eigenvalue weighted by Gasteiger charge is 2.45. The summed E-state index contributed by atoms with van der Waals surface area (Å²) in [5.74, 6) is -0.671. The number of hydrogen-bond acceptors (Lipinski definition) is 10. The van der Waals surface area contributed by atoms with Crippen molar-refractivity contribution >= 4 is 68.8 Å². The van der Waals surface area contributed by atoms with Crippen molar-refractivity contribution < 1.29 is 9.59 Å². The third-order valence-corrected chi connectivity index (χ3v) is 9.13. The fourth-order valence-electron chi connectivity index (χ4n) is 4.86. The highest BCUT2D eigenvalue weighted by atomic mass is 35.5. The Bertz CT molecular complexity index is 1610. The number of hydrogen-bond donors (Lipinski definition) is 2. The van der Waals surface area contributed by atoms with E-state index in [2.05, 4.69) is 26.6 Å². The lowest BCUT2D eigenvalue weighted by Gasteiger charge is -2.42. The summed E-state index contributed by atoms with van der Waals surface area (Å²) in [6, 6.07) is 12.7. The van der Waals surface area contributed by atoms with E-state index in [-0.39, 0.29) is 39.4 Å². The maximum absolute atomic E-state index is 13.6. The van der Waals surface area contributed by atoms with Gasteiger partial charge in [-0.25, -0.2) is 4.98 Å². The summed E-state index contributed by atoms with van der Waals surface area (Å²) < 4.78 is 0.525. The minimum atomic E-state index is -0.609. The molecule has 1 aliphatic heterocycles. The molecule has 0 spiro atoms. The van der Waals surface area contributed by atoms with Gasteiger partial charge in [0.1, 0.15) is 5.82 Å². The molecular formula is C27H23Cl2N7O2S2. The fraction of sp³-hybridized carbons (Fsp3) is 0.259. The van der Waals surface area contributed by atoms with E-state index in [9.17, 15) is 14.9 Å². The van der Waals surface area contributed by atoms with Crippen molar-refractivity contribution in [1.82, 2.24) is 15.2 Å². The molecule has 1 aromatic carbocycles. The summed E-state index contributed by atoms with van der Waals surface area (Å²) in [5.41, 5.74) is 9.01. The Morgan fingerprint density at radius 1 is 1.25 bits per heavy atom. The van der Waals surface area contributed by atoms with Crippen LogP contribution in [0.25, 0.3) is 0 Å². The third kappa shape index (κ3) is 5.58. The number of nitrogens with one attached hydrogen (secondary N) is 1. The van der Waals surface area contributed by atoms with Crippen LogP contribution >= 0.6 is 46.3 Å². The molecule has 2 aliphatic rings. The standard InChI is InChI=1S/C27H23Cl2N7O2S2/c1-27(2)10-18-22(19(37)11-27)21(14-5-7-15(28)8-6-14)16(12-30)24(31)36(18)25-34-35-26(40-25)39-13-20(38)33-17-4-3-9-32-23(17)29/h3-9,21H,10-11,13,31H2,1-2H3,(H,33,38). The van der Waals surface area contributed by atoms with E-state index < -0.39 is 5.92 Å². The number of nitrogens with two attached hydrogens (primary N) is 1. The van der Waals surface area contributed by atoms with Crippen LogP contribution in [0, 0.1) is 16.7 Å². The van der Waals surface area contributed by atoms with Gasteiger partial charge in [0.25, 0.3) is 0 Å². The van der Waals surface area contributed by atoms with E-state index in [1.807, 2.05) is 26.0 Å². The van der Waals surface area contributed by atoms with Crippen LogP contribution in [-0.4, -0.2) is 32.6 Å². The Kier molecular flexibility index (Phi) is 7.88. The van der Waals surface area contributed by atoms with Crippen LogP contribution in [0.1, 0.15) is 38.2 Å². The van der Waals surface area contributed by atoms with Crippen molar-refractivity contribution in [3.8, 4) is 6.07 Å². The van der Waals surface area contributed by atoms with E-state index in [1.165, 1.54) is 29.3 Å². The molecule has 0 saturated heterocycles. The molecule has 1 unspecified atom stereocenters. The smallest absolute Gasteiger partial charge is 0.234 e. The van der Waals surface area contributed by atoms with Crippen molar-refractivity contribution in [1.29, 1.82) is 5.26 Å². The normalized spacial score (nSPS) is 18.4. The molecule has 3 N–H and O–H groups in total. The zero-order chi connectivity index (χ0) is 28.6. The highest BCUT2D eigenvalue weighted by molar-refractivity contribution is 8.01. The predicted molar refractivity (Wildman–Crippen MR) is 157 cm³/mol. The summed E-state index contributed by atoms with van der Waals surface area (Å²) in [6.07, 6.45) is 2.43. The summed E-state index contributed by atoms with van der Waals surface area (Å²) in [7, 11) is 0. The Balaban J connectivity index is 1.47. The van der Waals surface area contributed by atoms with Crippen molar-refractivity contribution in [2.24, 2.45) is 11.1 Å². The van der Waals surface area contributed by atoms with Crippen LogP contribution in [0.4, 0.5) is 10.8 Å². The number of carbonyl (C=O) groups excluding carboxylic acids is 2. The van der Waals surface area contributed by atoms with E-state index in [1.54, 1.807) is 29.2 Å². The second kappa shape index (κ2) is 11.2. The second-order valence-corrected chi connectivity index (χ2v) is 13.0. The fourth-order valence-corrected chi connectivity index (χ4v) is 6.83. The molecule has 1 amide bonds. The molecule has 1 aliphatic carbocycles. The molecule has 0 fully saturated rings. The van der Waals surface area contributed by atoms with Crippen LogP contribution in [0.5, 0.6) is 0 Å². The molecule has 0 radical (unpaired) electrons. The maximum atomic E-state index is 13.6. The number of nitrogens with zero attached hydrogens (tertiary/aromatic N) is 5. The van der Waals surface area contributed by atoms with Gasteiger partial charge >= 0.3 is 0 Å². The van der Waals surface area contributed by atoms with Gasteiger partial charge in [-0.3, -0.25) is 14.5 Å². The average Bonchev–Trinajstić information content (AvgIpc) is 3.36. The van der Waals surface area contributed by atoms with Crippen LogP contribution < -0.4 is 16.0 Å². The largest absolute Gasteiger partial charge is 0.384 e. The van der Waals surface area contributed by atoms with Gasteiger partial charge in [-0.2, -0.15) is 5.26 Å². The molecule has 5 rings (SSSR count). The number of benzene rings is 1. The van der Waals surface area contributed by atoms with Crippen LogP contribution in [-0.2, 0) is 9.59 Å². The van der Waals surface area contributed by atoms with Gasteiger partial charge < -0.3 is 11.1 Å². The van der Waals surface area contributed by atoms with Gasteiger partial charge in [0.15, 0.2) is 15.3 Å². The SMILES string of the molecule is CC1(C)CC(=O)C2=C(C1)N(c1nnc(SCC(=O)Nc3cccnc3Cl)s1)C(N)=C(C#N)C2c1ccc(Cl)cc1. The van der Waals surface area contributed by atoms with Gasteiger partial charge in [0.2, 0.25) is 11.0 Å². The highest BCUT2D eigenvalue weighted by Crippen LogP contribution is 2.50. The van der Waals surface area contributed by atoms with Crippen molar-refractivity contribution in [2.45, 2.75) is 36.9 Å². The number of Topliss-reactive ketones (excluding diaryl/α,β-unsaturated/α-hetero) is 1. The molecule has 40 heavy (non-hydrogen) atoms. The van der Waals surface area contributed by atoms with E-state index in [0.717, 1.165) is 5.56 Å². The Labute approximate surface area is 249 Å². The van der Waals surface area contributed by atoms with Crippen LogP contribution in [0.2, 0.25) is 10.2 Å². The molecule has 3 aromatic rings. The number of aromatic nitrogens is 3. The second-order valence-electron chi connectivity index (χ2n) is 10.1. The number of thioether (sulfide) groups is 1. The first-order valence-corrected chi connectivity index (χ1v) is 14.7. The number of rotatable bonds is 6. The van der Waals surface area contributed by atoms with E-state index in [0.29, 0.717) is 44.3 Å². The summed E-state index contributed by atoms with van der Waals surface area (Å²) >= 11 is 14.6. The first kappa shape index (κ1) is 28.1. The molecule has 13 heteroatoms. The van der Waals surface area contributed by atoms with Crippen LogP contribution in [0.3, 0.4) is 0 Å². The monoisotopic (exact) mass is 611 g/mol. The van der Waals surface area contributed by atoms with Crippen molar-refractivity contribution in [2.75, 3.05) is 16.0 Å². The Morgan fingerprint density at radius 3 is 2.70 bits per heavy atom. The van der Waals surface area contributed by atoms with Gasteiger partial charge in [-0.15, -0.1) is 10.2 Å². The van der Waals surface area contributed by atoms with Gasteiger partial charge in [-0.1, -0.05) is 72.3 Å². The summed E-state index contributed by atoms with van der Waals surface area (Å²) in [4.78, 5) is 31.7. The third-order valence-electron chi connectivity index (χ3n) is 6.53. The van der Waals surface area contributed by atoms with E-state index in [4.69, 9.17) is 28.9 Å². The molecule has 9 nitrogen and oxygen atoms in total. The Hall–Kier alpha value is -3.43. The lowest BCUT2D eigenvalue weighted by Crippen LogP contribution is -2.42. The molecule has 3 heterocycles. The minimum Gasteiger partial charge on any atom is -0.384 e. The maximum Gasteiger partial charge on any atom is 0.234 e. The molecule has 1 atom stereocenters. The predicted octanol–water partition coefficient (Wildman–Crippen LogP) is 5.91. The molecule has 0 saturated carbocycles. The zero-order valence-corrected chi connectivity index (χ0v) is 24.6. The number of amides is 1. The summed E-state index contributed by atoms with van der Waals surface area (Å²) in [5, 5.41) is 22.7. The number of nitriles is 1. The van der Waals surface area contributed by atoms with Gasteiger partial charge in [0.05, 0.1) is 29.0 Å². The lowest BCUT2D eigenvalue weighted by molar-refractivity contribution is -0.118. The van der Waals surface area contributed by atoms with Crippen molar-refractivity contribution in [3.05, 3.63) is 81.0 Å². The van der Waals surface area contributed by atoms with Crippen molar-refractivity contribution in [3.63, 3.8) is 0 Å². The minimum absolute atomic E-state index is 0.0405. The number of halogens is 2. The van der Waals surface area contributed by atoms with Crippen LogP contribution in [0.15, 0.2) is 69.6 Å². The Morgan fingerprint density at radius 2 is 2.00 bits per heavy atom. The lowest BCUT2D eigenvalue weighted by atomic mass is 9.69. The van der Waals surface area contributed by atoms with Gasteiger partial charge in [-0.05, 0) is 41.7 Å². The molecule has 204 valence electrons. The number of anilines is 2. The number of carbonyl (C=O) groups is 2.